The zero-order valence-electron chi connectivity index (χ0n) is 10.9. The van der Waals surface area contributed by atoms with Crippen LogP contribution in [-0.2, 0) is 4.74 Å². The summed E-state index contributed by atoms with van der Waals surface area (Å²) in [6.07, 6.45) is 5.00. The first-order chi connectivity index (χ1) is 7.47. The Labute approximate surface area is 105 Å². The number of alkyl halides is 1. The van der Waals surface area contributed by atoms with Crippen LogP contribution in [0.1, 0.15) is 46.5 Å². The lowest BCUT2D eigenvalue weighted by Crippen LogP contribution is -2.31. The molecule has 0 heterocycles. The number of hydrogen-bond acceptors (Lipinski definition) is 2. The van der Waals surface area contributed by atoms with Gasteiger partial charge < -0.3 is 10.1 Å². The van der Waals surface area contributed by atoms with Crippen LogP contribution in [0.2, 0.25) is 0 Å². The minimum absolute atomic E-state index is 0.0201. The van der Waals surface area contributed by atoms with Crippen molar-refractivity contribution in [1.82, 2.24) is 5.32 Å². The van der Waals surface area contributed by atoms with E-state index in [4.69, 9.17) is 16.3 Å². The number of ether oxygens (including phenoxy) is 1. The van der Waals surface area contributed by atoms with Crippen LogP contribution in [0, 0.1) is 5.92 Å². The van der Waals surface area contributed by atoms with Crippen LogP contribution in [0.3, 0.4) is 0 Å². The molecule has 0 aromatic carbocycles. The summed E-state index contributed by atoms with van der Waals surface area (Å²) >= 11 is 6.16. The molecule has 0 aromatic heterocycles. The maximum absolute atomic E-state index is 6.16. The Morgan fingerprint density at radius 3 is 2.69 bits per heavy atom. The summed E-state index contributed by atoms with van der Waals surface area (Å²) in [4.78, 5) is 0. The van der Waals surface area contributed by atoms with E-state index in [9.17, 15) is 0 Å². The highest BCUT2D eigenvalue weighted by molar-refractivity contribution is 6.20. The SMILES string of the molecule is CC(C)(C)OCCNCC1CCCC(Cl)C1. The van der Waals surface area contributed by atoms with E-state index in [1.165, 1.54) is 25.7 Å². The fraction of sp³-hybridized carbons (Fsp3) is 1.00. The molecule has 0 radical (unpaired) electrons. The smallest absolute Gasteiger partial charge is 0.0599 e. The minimum atomic E-state index is -0.0201. The Hall–Kier alpha value is 0.210. The van der Waals surface area contributed by atoms with Crippen LogP contribution < -0.4 is 5.32 Å². The topological polar surface area (TPSA) is 21.3 Å². The van der Waals surface area contributed by atoms with Gasteiger partial charge in [0.1, 0.15) is 0 Å². The maximum Gasteiger partial charge on any atom is 0.0599 e. The van der Waals surface area contributed by atoms with E-state index in [2.05, 4.69) is 26.1 Å². The minimum Gasteiger partial charge on any atom is -0.375 e. The fourth-order valence-corrected chi connectivity index (χ4v) is 2.55. The predicted molar refractivity (Wildman–Crippen MR) is 70.2 cm³/mol. The Bertz CT molecular complexity index is 191. The van der Waals surface area contributed by atoms with Gasteiger partial charge in [-0.05, 0) is 52.5 Å². The predicted octanol–water partition coefficient (Wildman–Crippen LogP) is 3.19. The maximum atomic E-state index is 6.16. The van der Waals surface area contributed by atoms with Gasteiger partial charge >= 0.3 is 0 Å². The molecule has 2 nitrogen and oxygen atoms in total. The second-order valence-corrected chi connectivity index (χ2v) is 6.41. The van der Waals surface area contributed by atoms with E-state index in [-0.39, 0.29) is 5.60 Å². The van der Waals surface area contributed by atoms with Crippen molar-refractivity contribution in [3.63, 3.8) is 0 Å². The number of halogens is 1. The van der Waals surface area contributed by atoms with Gasteiger partial charge in [-0.25, -0.2) is 0 Å². The number of rotatable bonds is 5. The molecular formula is C13H26ClNO. The third-order valence-corrected chi connectivity index (χ3v) is 3.36. The van der Waals surface area contributed by atoms with Gasteiger partial charge in [-0.15, -0.1) is 11.6 Å². The van der Waals surface area contributed by atoms with E-state index < -0.39 is 0 Å². The molecule has 1 fully saturated rings. The molecule has 2 atom stereocenters. The summed E-state index contributed by atoms with van der Waals surface area (Å²) < 4.78 is 5.65. The van der Waals surface area contributed by atoms with Crippen molar-refractivity contribution >= 4 is 11.6 Å². The molecular weight excluding hydrogens is 222 g/mol. The summed E-state index contributed by atoms with van der Waals surface area (Å²) in [6.45, 7) is 9.10. The lowest BCUT2D eigenvalue weighted by molar-refractivity contribution is -0.00110. The largest absolute Gasteiger partial charge is 0.375 e. The number of hydrogen-bond donors (Lipinski definition) is 1. The second-order valence-electron chi connectivity index (χ2n) is 5.79. The Balaban J connectivity index is 1.98. The summed E-state index contributed by atoms with van der Waals surface area (Å²) in [5.74, 6) is 0.769. The Morgan fingerprint density at radius 2 is 2.06 bits per heavy atom. The van der Waals surface area contributed by atoms with E-state index >= 15 is 0 Å². The average Bonchev–Trinajstić information content (AvgIpc) is 2.15. The Morgan fingerprint density at radius 1 is 1.31 bits per heavy atom. The van der Waals surface area contributed by atoms with Crippen LogP contribution in [0.15, 0.2) is 0 Å². The lowest BCUT2D eigenvalue weighted by Gasteiger charge is -2.26. The summed E-state index contributed by atoms with van der Waals surface area (Å²) in [5.41, 5.74) is -0.0201. The molecule has 1 rings (SSSR count). The molecule has 96 valence electrons. The summed E-state index contributed by atoms with van der Waals surface area (Å²) in [7, 11) is 0. The first kappa shape index (κ1) is 14.3. The molecule has 0 spiro atoms. The van der Waals surface area contributed by atoms with E-state index in [0.29, 0.717) is 5.38 Å². The summed E-state index contributed by atoms with van der Waals surface area (Å²) in [5, 5.41) is 3.87. The average molecular weight is 248 g/mol. The molecule has 16 heavy (non-hydrogen) atoms. The standard InChI is InChI=1S/C13H26ClNO/c1-13(2,3)16-8-7-15-10-11-5-4-6-12(14)9-11/h11-12,15H,4-10H2,1-3H3. The van der Waals surface area contributed by atoms with Crippen molar-refractivity contribution in [1.29, 1.82) is 0 Å². The lowest BCUT2D eigenvalue weighted by atomic mass is 9.89. The van der Waals surface area contributed by atoms with Crippen LogP contribution in [0.4, 0.5) is 0 Å². The van der Waals surface area contributed by atoms with Gasteiger partial charge in [-0.2, -0.15) is 0 Å². The molecule has 0 aromatic rings. The summed E-state index contributed by atoms with van der Waals surface area (Å²) in [6, 6.07) is 0. The van der Waals surface area contributed by atoms with Gasteiger partial charge in [-0.3, -0.25) is 0 Å². The highest BCUT2D eigenvalue weighted by Gasteiger charge is 2.19. The number of nitrogens with one attached hydrogen (secondary N) is 1. The zero-order chi connectivity index (χ0) is 12.0. The van der Waals surface area contributed by atoms with Gasteiger partial charge in [0, 0.05) is 11.9 Å². The molecule has 3 heteroatoms. The quantitative estimate of drug-likeness (QED) is 0.595. The van der Waals surface area contributed by atoms with Gasteiger partial charge in [0.05, 0.1) is 12.2 Å². The Kier molecular flexibility index (Phi) is 6.09. The van der Waals surface area contributed by atoms with E-state index in [1.54, 1.807) is 0 Å². The molecule has 0 bridgehead atoms. The molecule has 1 N–H and O–H groups in total. The van der Waals surface area contributed by atoms with Crippen LogP contribution in [0.25, 0.3) is 0 Å². The molecule has 0 aliphatic heterocycles. The molecule has 1 saturated carbocycles. The van der Waals surface area contributed by atoms with Gasteiger partial charge in [0.15, 0.2) is 0 Å². The molecule has 1 aliphatic rings. The van der Waals surface area contributed by atoms with Crippen molar-refractivity contribution in [2.75, 3.05) is 19.7 Å². The fourth-order valence-electron chi connectivity index (χ4n) is 2.15. The first-order valence-electron chi connectivity index (χ1n) is 6.46. The van der Waals surface area contributed by atoms with Crippen molar-refractivity contribution < 1.29 is 4.74 Å². The monoisotopic (exact) mass is 247 g/mol. The van der Waals surface area contributed by atoms with Crippen molar-refractivity contribution in [3.8, 4) is 0 Å². The van der Waals surface area contributed by atoms with E-state index in [1.807, 2.05) is 0 Å². The van der Waals surface area contributed by atoms with Crippen molar-refractivity contribution in [2.24, 2.45) is 5.92 Å². The van der Waals surface area contributed by atoms with Gasteiger partial charge in [0.25, 0.3) is 0 Å². The van der Waals surface area contributed by atoms with E-state index in [0.717, 1.165) is 25.6 Å². The highest BCUT2D eigenvalue weighted by Crippen LogP contribution is 2.27. The molecule has 0 amide bonds. The molecule has 1 aliphatic carbocycles. The van der Waals surface area contributed by atoms with Crippen molar-refractivity contribution in [3.05, 3.63) is 0 Å². The third kappa shape index (κ3) is 6.72. The molecule has 2 unspecified atom stereocenters. The highest BCUT2D eigenvalue weighted by atomic mass is 35.5. The van der Waals surface area contributed by atoms with Crippen LogP contribution in [0.5, 0.6) is 0 Å². The van der Waals surface area contributed by atoms with Crippen molar-refractivity contribution in [2.45, 2.75) is 57.4 Å². The molecule has 0 saturated heterocycles. The second kappa shape index (κ2) is 6.83. The first-order valence-corrected chi connectivity index (χ1v) is 6.90. The van der Waals surface area contributed by atoms with Crippen LogP contribution >= 0.6 is 11.6 Å². The van der Waals surface area contributed by atoms with Gasteiger partial charge in [0.2, 0.25) is 0 Å². The zero-order valence-corrected chi connectivity index (χ0v) is 11.6. The van der Waals surface area contributed by atoms with Gasteiger partial charge in [-0.1, -0.05) is 6.42 Å². The normalized spacial score (nSPS) is 27.0. The van der Waals surface area contributed by atoms with Crippen LogP contribution in [-0.4, -0.2) is 30.7 Å². The third-order valence-electron chi connectivity index (χ3n) is 2.97.